The number of primary amides is 1. The first-order valence-electron chi connectivity index (χ1n) is 11.5. The van der Waals surface area contributed by atoms with Gasteiger partial charge in [-0.3, -0.25) is 14.6 Å². The van der Waals surface area contributed by atoms with Gasteiger partial charge in [-0.2, -0.15) is 0 Å². The van der Waals surface area contributed by atoms with Crippen molar-refractivity contribution in [3.63, 3.8) is 0 Å². The fourth-order valence-electron chi connectivity index (χ4n) is 4.57. The van der Waals surface area contributed by atoms with Gasteiger partial charge in [0.2, 0.25) is 5.91 Å². The molecule has 2 aromatic carbocycles. The Bertz CT molecular complexity index is 1260. The van der Waals surface area contributed by atoms with Gasteiger partial charge in [-0.1, -0.05) is 29.8 Å². The molecule has 2 unspecified atom stereocenters. The van der Waals surface area contributed by atoms with E-state index in [9.17, 15) is 19.1 Å². The van der Waals surface area contributed by atoms with Gasteiger partial charge in [0.1, 0.15) is 23.3 Å². The van der Waals surface area contributed by atoms with Crippen molar-refractivity contribution in [3.05, 3.63) is 76.2 Å². The van der Waals surface area contributed by atoms with E-state index in [2.05, 4.69) is 0 Å². The van der Waals surface area contributed by atoms with Gasteiger partial charge in [-0.05, 0) is 56.2 Å². The van der Waals surface area contributed by atoms with Gasteiger partial charge in [-0.25, -0.2) is 4.39 Å². The number of ether oxygens (including phenoxy) is 2. The molecule has 36 heavy (non-hydrogen) atoms. The smallest absolute Gasteiger partial charge is 0.226 e. The van der Waals surface area contributed by atoms with E-state index < -0.39 is 34.8 Å². The highest BCUT2D eigenvalue weighted by molar-refractivity contribution is 6.32. The lowest BCUT2D eigenvalue weighted by atomic mass is 9.72. The SMILES string of the molecule is COc1cc(C(=O)CC[C@](C)(O)C2=CC3C(OC[C@]3(C)C(N)=O)C(c3ccc(F)cc3)=N2)ccc1Cl. The van der Waals surface area contributed by atoms with Crippen molar-refractivity contribution < 1.29 is 28.6 Å². The highest BCUT2D eigenvalue weighted by Gasteiger charge is 2.53. The largest absolute Gasteiger partial charge is 0.495 e. The van der Waals surface area contributed by atoms with E-state index in [1.54, 1.807) is 50.3 Å². The number of rotatable bonds is 8. The lowest BCUT2D eigenvalue weighted by molar-refractivity contribution is -0.127. The summed E-state index contributed by atoms with van der Waals surface area (Å²) in [5.74, 6) is -1.24. The summed E-state index contributed by atoms with van der Waals surface area (Å²) >= 11 is 6.05. The maximum atomic E-state index is 13.6. The average Bonchev–Trinajstić information content (AvgIpc) is 3.21. The topological polar surface area (TPSA) is 111 Å². The summed E-state index contributed by atoms with van der Waals surface area (Å²) in [5.41, 5.74) is 4.97. The number of carbonyl (C=O) groups excluding carboxylic acids is 2. The molecule has 0 saturated carbocycles. The molecule has 1 fully saturated rings. The zero-order chi connectivity index (χ0) is 26.3. The minimum Gasteiger partial charge on any atom is -0.495 e. The lowest BCUT2D eigenvalue weighted by Crippen LogP contribution is -2.45. The molecule has 0 bridgehead atoms. The van der Waals surface area contributed by atoms with E-state index in [4.69, 9.17) is 31.8 Å². The molecule has 1 amide bonds. The van der Waals surface area contributed by atoms with Gasteiger partial charge >= 0.3 is 0 Å². The van der Waals surface area contributed by atoms with Crippen LogP contribution in [0.1, 0.15) is 42.6 Å². The van der Waals surface area contributed by atoms with Gasteiger partial charge < -0.3 is 20.3 Å². The van der Waals surface area contributed by atoms with E-state index in [0.717, 1.165) is 0 Å². The molecule has 2 aliphatic rings. The molecular formula is C27H28ClFN2O5. The number of hydrogen-bond donors (Lipinski definition) is 2. The van der Waals surface area contributed by atoms with Crippen molar-refractivity contribution in [1.82, 2.24) is 0 Å². The second-order valence-corrected chi connectivity index (χ2v) is 10.0. The summed E-state index contributed by atoms with van der Waals surface area (Å²) in [6, 6.07) is 10.5. The molecule has 4 rings (SSSR count). The number of benzene rings is 2. The maximum absolute atomic E-state index is 13.6. The van der Waals surface area contributed by atoms with Crippen LogP contribution in [0.4, 0.5) is 4.39 Å². The van der Waals surface area contributed by atoms with Crippen molar-refractivity contribution in [2.75, 3.05) is 13.7 Å². The van der Waals surface area contributed by atoms with Crippen LogP contribution in [0.15, 0.2) is 59.2 Å². The third-order valence-corrected chi connectivity index (χ3v) is 7.35. The normalized spacial score (nSPS) is 24.8. The number of amides is 1. The Labute approximate surface area is 213 Å². The van der Waals surface area contributed by atoms with Gasteiger partial charge in [0, 0.05) is 17.9 Å². The van der Waals surface area contributed by atoms with Gasteiger partial charge in [-0.15, -0.1) is 0 Å². The van der Waals surface area contributed by atoms with Crippen LogP contribution in [-0.4, -0.2) is 47.9 Å². The highest BCUT2D eigenvalue weighted by atomic mass is 35.5. The molecule has 190 valence electrons. The molecule has 2 heterocycles. The summed E-state index contributed by atoms with van der Waals surface area (Å²) < 4.78 is 24.7. The van der Waals surface area contributed by atoms with Crippen LogP contribution in [0.25, 0.3) is 0 Å². The number of hydrogen-bond acceptors (Lipinski definition) is 6. The lowest BCUT2D eigenvalue weighted by Gasteiger charge is -2.34. The second kappa shape index (κ2) is 9.76. The number of ketones is 1. The first-order chi connectivity index (χ1) is 17.0. The molecular weight excluding hydrogens is 487 g/mol. The quantitative estimate of drug-likeness (QED) is 0.515. The number of methoxy groups -OCH3 is 1. The first kappa shape index (κ1) is 26.0. The molecule has 0 aliphatic carbocycles. The van der Waals surface area contributed by atoms with E-state index >= 15 is 0 Å². The minimum atomic E-state index is -1.51. The Morgan fingerprint density at radius 3 is 2.64 bits per heavy atom. The number of aliphatic imine (C=N–C) groups is 1. The molecule has 4 atom stereocenters. The Kier molecular flexibility index (Phi) is 7.05. The standard InChI is InChI=1S/C27H28ClFN2O5/c1-26(25(30)33)14-36-24-18(26)13-22(31-23(24)15-4-7-17(29)8-5-15)27(2,34)11-10-20(32)16-6-9-19(28)21(12-16)35-3/h4-9,12-13,18,24,34H,10-11,14H2,1-3H3,(H2,30,33)/t18?,24?,26-,27-/m0/s1. The van der Waals surface area contributed by atoms with Crippen LogP contribution < -0.4 is 10.5 Å². The van der Waals surface area contributed by atoms with E-state index in [1.165, 1.54) is 19.2 Å². The van der Waals surface area contributed by atoms with Crippen molar-refractivity contribution in [3.8, 4) is 5.75 Å². The zero-order valence-electron chi connectivity index (χ0n) is 20.3. The third kappa shape index (κ3) is 4.81. The summed E-state index contributed by atoms with van der Waals surface area (Å²) in [5, 5.41) is 11.8. The summed E-state index contributed by atoms with van der Waals surface area (Å²) in [4.78, 5) is 29.9. The first-order valence-corrected chi connectivity index (χ1v) is 11.9. The Hall–Kier alpha value is -3.07. The van der Waals surface area contributed by atoms with Crippen LogP contribution in [-0.2, 0) is 9.53 Å². The predicted octanol–water partition coefficient (Wildman–Crippen LogP) is 4.10. The average molecular weight is 515 g/mol. The summed E-state index contributed by atoms with van der Waals surface area (Å²) in [6.45, 7) is 3.37. The monoisotopic (exact) mass is 514 g/mol. The summed E-state index contributed by atoms with van der Waals surface area (Å²) in [6.07, 6.45) is 1.21. The molecule has 0 spiro atoms. The second-order valence-electron chi connectivity index (χ2n) is 9.64. The van der Waals surface area contributed by atoms with Crippen molar-refractivity contribution in [2.24, 2.45) is 22.1 Å². The summed E-state index contributed by atoms with van der Waals surface area (Å²) in [7, 11) is 1.46. The van der Waals surface area contributed by atoms with Crippen LogP contribution >= 0.6 is 11.6 Å². The molecule has 0 aromatic heterocycles. The number of fused-ring (bicyclic) bond motifs is 1. The van der Waals surface area contributed by atoms with Crippen molar-refractivity contribution in [1.29, 1.82) is 0 Å². The minimum absolute atomic E-state index is 0.0220. The predicted molar refractivity (Wildman–Crippen MR) is 134 cm³/mol. The number of nitrogens with two attached hydrogens (primary N) is 1. The maximum Gasteiger partial charge on any atom is 0.226 e. The van der Waals surface area contributed by atoms with Crippen LogP contribution in [0.5, 0.6) is 5.75 Å². The molecule has 1 saturated heterocycles. The molecule has 0 radical (unpaired) electrons. The zero-order valence-corrected chi connectivity index (χ0v) is 21.0. The molecule has 9 heteroatoms. The fourth-order valence-corrected chi connectivity index (χ4v) is 4.76. The van der Waals surface area contributed by atoms with Crippen LogP contribution in [0.2, 0.25) is 5.02 Å². The van der Waals surface area contributed by atoms with Gasteiger partial charge in [0.05, 0.1) is 35.6 Å². The molecule has 3 N–H and O–H groups in total. The highest BCUT2D eigenvalue weighted by Crippen LogP contribution is 2.45. The van der Waals surface area contributed by atoms with Gasteiger partial charge in [0.25, 0.3) is 0 Å². The van der Waals surface area contributed by atoms with Crippen LogP contribution in [0.3, 0.4) is 0 Å². The molecule has 2 aliphatic heterocycles. The molecule has 7 nitrogen and oxygen atoms in total. The van der Waals surface area contributed by atoms with Crippen molar-refractivity contribution >= 4 is 29.0 Å². The third-order valence-electron chi connectivity index (χ3n) is 7.04. The Morgan fingerprint density at radius 1 is 1.31 bits per heavy atom. The number of nitrogens with zero attached hydrogens (tertiary/aromatic N) is 1. The number of halogens is 2. The van der Waals surface area contributed by atoms with E-state index in [-0.39, 0.29) is 25.2 Å². The molecule has 2 aromatic rings. The number of aliphatic hydroxyl groups is 1. The number of carbonyl (C=O) groups is 2. The fraction of sp³-hybridized carbons (Fsp3) is 0.370. The van der Waals surface area contributed by atoms with Crippen LogP contribution in [0, 0.1) is 17.2 Å². The van der Waals surface area contributed by atoms with Gasteiger partial charge in [0.15, 0.2) is 5.78 Å². The van der Waals surface area contributed by atoms with E-state index in [1.807, 2.05) is 0 Å². The van der Waals surface area contributed by atoms with E-state index in [0.29, 0.717) is 33.3 Å². The number of Topliss-reactive ketones (excluding diaryl/α,β-unsaturated/α-hetero) is 1. The Morgan fingerprint density at radius 2 is 2.00 bits per heavy atom. The van der Waals surface area contributed by atoms with Crippen molar-refractivity contribution in [2.45, 2.75) is 38.4 Å². The Balaban J connectivity index is 1.64.